The van der Waals surface area contributed by atoms with E-state index in [1.165, 1.54) is 5.56 Å². The normalized spacial score (nSPS) is 14.5. The van der Waals surface area contributed by atoms with Gasteiger partial charge in [-0.2, -0.15) is 5.10 Å². The first-order valence-electron chi connectivity index (χ1n) is 11.7. The molecule has 1 aliphatic rings. The van der Waals surface area contributed by atoms with Gasteiger partial charge in [0.2, 0.25) is 11.8 Å². The predicted octanol–water partition coefficient (Wildman–Crippen LogP) is 4.74. The number of aromatic nitrogens is 2. The van der Waals surface area contributed by atoms with Gasteiger partial charge in [0.05, 0.1) is 12.2 Å². The molecule has 0 atom stereocenters. The van der Waals surface area contributed by atoms with Gasteiger partial charge < -0.3 is 10.2 Å². The maximum Gasteiger partial charge on any atom is 0.228 e. The molecule has 0 aliphatic carbocycles. The van der Waals surface area contributed by atoms with Crippen LogP contribution in [0, 0.1) is 18.8 Å². The number of hydrogen-bond donors (Lipinski definition) is 1. The number of nitrogens with one attached hydrogen (secondary N) is 1. The highest BCUT2D eigenvalue weighted by Gasteiger charge is 2.29. The Morgan fingerprint density at radius 1 is 1.03 bits per heavy atom. The van der Waals surface area contributed by atoms with E-state index < -0.39 is 0 Å². The Morgan fingerprint density at radius 3 is 2.42 bits per heavy atom. The zero-order valence-corrected chi connectivity index (χ0v) is 19.6. The van der Waals surface area contributed by atoms with E-state index in [2.05, 4.69) is 36.5 Å². The van der Waals surface area contributed by atoms with Crippen molar-refractivity contribution in [2.24, 2.45) is 11.8 Å². The third-order valence-corrected chi connectivity index (χ3v) is 6.19. The van der Waals surface area contributed by atoms with E-state index in [4.69, 9.17) is 5.10 Å². The molecule has 1 N–H and O–H groups in total. The van der Waals surface area contributed by atoms with Gasteiger partial charge in [-0.15, -0.1) is 0 Å². The van der Waals surface area contributed by atoms with Crippen molar-refractivity contribution in [2.75, 3.05) is 18.4 Å². The second-order valence-electron chi connectivity index (χ2n) is 9.17. The lowest BCUT2D eigenvalue weighted by molar-refractivity contribution is -0.137. The summed E-state index contributed by atoms with van der Waals surface area (Å²) in [5.74, 6) is 0.738. The molecule has 0 spiro atoms. The summed E-state index contributed by atoms with van der Waals surface area (Å²) in [5, 5.41) is 7.95. The number of anilines is 1. The molecule has 0 bridgehead atoms. The van der Waals surface area contributed by atoms with E-state index in [-0.39, 0.29) is 23.7 Å². The molecule has 172 valence electrons. The molecule has 6 nitrogen and oxygen atoms in total. The lowest BCUT2D eigenvalue weighted by Crippen LogP contribution is -2.43. The molecular weight excluding hydrogens is 412 g/mol. The van der Waals surface area contributed by atoms with Crippen LogP contribution in [0.3, 0.4) is 0 Å². The van der Waals surface area contributed by atoms with Crippen LogP contribution in [0.25, 0.3) is 11.3 Å². The zero-order chi connectivity index (χ0) is 23.4. The van der Waals surface area contributed by atoms with Crippen molar-refractivity contribution in [1.29, 1.82) is 0 Å². The zero-order valence-electron chi connectivity index (χ0n) is 19.6. The van der Waals surface area contributed by atoms with Gasteiger partial charge in [0.25, 0.3) is 0 Å². The fourth-order valence-corrected chi connectivity index (χ4v) is 4.30. The lowest BCUT2D eigenvalue weighted by Gasteiger charge is -2.32. The van der Waals surface area contributed by atoms with Gasteiger partial charge in [-0.1, -0.05) is 67.9 Å². The van der Waals surface area contributed by atoms with Crippen LogP contribution in [0.1, 0.15) is 37.8 Å². The number of amides is 2. The average Bonchev–Trinajstić information content (AvgIpc) is 3.21. The molecule has 2 aromatic carbocycles. The smallest absolute Gasteiger partial charge is 0.228 e. The molecule has 1 fully saturated rings. The number of carbonyl (C=O) groups is 2. The SMILES string of the molecule is Cc1cccc(-c2cc(NC(=O)C3CCN(C(=O)C(C)C)CC3)n(Cc3ccccc3)n2)c1. The highest BCUT2D eigenvalue weighted by Crippen LogP contribution is 2.26. The summed E-state index contributed by atoms with van der Waals surface area (Å²) in [6.07, 6.45) is 1.36. The first-order chi connectivity index (χ1) is 15.9. The average molecular weight is 445 g/mol. The number of benzene rings is 2. The summed E-state index contributed by atoms with van der Waals surface area (Å²) in [4.78, 5) is 27.3. The van der Waals surface area contributed by atoms with Gasteiger partial charge in [0.1, 0.15) is 5.82 Å². The first-order valence-corrected chi connectivity index (χ1v) is 11.7. The van der Waals surface area contributed by atoms with Crippen molar-refractivity contribution in [3.8, 4) is 11.3 Å². The summed E-state index contributed by atoms with van der Waals surface area (Å²) < 4.78 is 1.86. The predicted molar refractivity (Wildman–Crippen MR) is 131 cm³/mol. The van der Waals surface area contributed by atoms with Crippen LogP contribution < -0.4 is 5.32 Å². The van der Waals surface area contributed by atoms with Crippen molar-refractivity contribution < 1.29 is 9.59 Å². The molecule has 3 aromatic rings. The van der Waals surface area contributed by atoms with E-state index in [9.17, 15) is 9.59 Å². The van der Waals surface area contributed by atoms with Crippen LogP contribution in [-0.2, 0) is 16.1 Å². The van der Waals surface area contributed by atoms with E-state index in [1.54, 1.807) is 0 Å². The number of likely N-dealkylation sites (tertiary alicyclic amines) is 1. The standard InChI is InChI=1S/C27H32N4O2/c1-19(2)27(33)30-14-12-22(13-15-30)26(32)28-25-17-24(23-11-7-8-20(3)16-23)29-31(25)18-21-9-5-4-6-10-21/h4-11,16-17,19,22H,12-15,18H2,1-3H3,(H,28,32). The number of nitrogens with zero attached hydrogens (tertiary/aromatic N) is 3. The molecule has 1 aromatic heterocycles. The van der Waals surface area contributed by atoms with Crippen molar-refractivity contribution >= 4 is 17.6 Å². The van der Waals surface area contributed by atoms with Gasteiger partial charge >= 0.3 is 0 Å². The van der Waals surface area contributed by atoms with Crippen LogP contribution in [0.4, 0.5) is 5.82 Å². The van der Waals surface area contributed by atoms with E-state index in [1.807, 2.05) is 59.8 Å². The molecule has 2 amide bonds. The molecule has 6 heteroatoms. The summed E-state index contributed by atoms with van der Waals surface area (Å²) >= 11 is 0. The lowest BCUT2D eigenvalue weighted by atomic mass is 9.95. The molecule has 1 saturated heterocycles. The van der Waals surface area contributed by atoms with Crippen molar-refractivity contribution in [1.82, 2.24) is 14.7 Å². The fourth-order valence-electron chi connectivity index (χ4n) is 4.30. The van der Waals surface area contributed by atoms with Gasteiger partial charge in [-0.3, -0.25) is 9.59 Å². The Labute approximate surface area is 195 Å². The third kappa shape index (κ3) is 5.51. The van der Waals surface area contributed by atoms with Crippen molar-refractivity contribution in [3.05, 3.63) is 71.8 Å². The monoisotopic (exact) mass is 444 g/mol. The number of piperidine rings is 1. The molecular formula is C27H32N4O2. The quantitative estimate of drug-likeness (QED) is 0.597. The second-order valence-corrected chi connectivity index (χ2v) is 9.17. The molecule has 2 heterocycles. The summed E-state index contributed by atoms with van der Waals surface area (Å²) in [6, 6.07) is 20.3. The number of carbonyl (C=O) groups excluding carboxylic acids is 2. The number of hydrogen-bond acceptors (Lipinski definition) is 3. The highest BCUT2D eigenvalue weighted by molar-refractivity contribution is 5.92. The second kappa shape index (κ2) is 10.0. The van der Waals surface area contributed by atoms with Gasteiger partial charge in [0.15, 0.2) is 0 Å². The first kappa shape index (κ1) is 22.8. The minimum atomic E-state index is -0.108. The van der Waals surface area contributed by atoms with Crippen molar-refractivity contribution in [3.63, 3.8) is 0 Å². The molecule has 0 unspecified atom stereocenters. The van der Waals surface area contributed by atoms with Crippen LogP contribution >= 0.6 is 0 Å². The molecule has 0 radical (unpaired) electrons. The molecule has 33 heavy (non-hydrogen) atoms. The van der Waals surface area contributed by atoms with Gasteiger partial charge in [0, 0.05) is 36.6 Å². The van der Waals surface area contributed by atoms with Gasteiger partial charge in [-0.05, 0) is 31.4 Å². The maximum atomic E-state index is 13.1. The van der Waals surface area contributed by atoms with Gasteiger partial charge in [-0.25, -0.2) is 4.68 Å². The van der Waals surface area contributed by atoms with Crippen LogP contribution in [0.15, 0.2) is 60.7 Å². The number of rotatable bonds is 6. The summed E-state index contributed by atoms with van der Waals surface area (Å²) in [7, 11) is 0. The summed E-state index contributed by atoms with van der Waals surface area (Å²) in [5.41, 5.74) is 4.14. The van der Waals surface area contributed by atoms with Crippen molar-refractivity contribution in [2.45, 2.75) is 40.2 Å². The van der Waals surface area contributed by atoms with Crippen LogP contribution in [0.2, 0.25) is 0 Å². The maximum absolute atomic E-state index is 13.1. The Kier molecular flexibility index (Phi) is 6.92. The molecule has 1 aliphatic heterocycles. The van der Waals surface area contributed by atoms with E-state index >= 15 is 0 Å². The Balaban J connectivity index is 1.52. The van der Waals surface area contributed by atoms with E-state index in [0.717, 1.165) is 16.8 Å². The minimum Gasteiger partial charge on any atom is -0.342 e. The highest BCUT2D eigenvalue weighted by atomic mass is 16.2. The topological polar surface area (TPSA) is 67.2 Å². The fraction of sp³-hybridized carbons (Fsp3) is 0.370. The third-order valence-electron chi connectivity index (χ3n) is 6.19. The largest absolute Gasteiger partial charge is 0.342 e. The Morgan fingerprint density at radius 2 is 1.76 bits per heavy atom. The van der Waals surface area contributed by atoms with Crippen LogP contribution in [0.5, 0.6) is 0 Å². The van der Waals surface area contributed by atoms with E-state index in [0.29, 0.717) is 38.3 Å². The number of aryl methyl sites for hydroxylation is 1. The minimum absolute atomic E-state index is 0.00310. The Bertz CT molecular complexity index is 1110. The molecule has 0 saturated carbocycles. The molecule has 4 rings (SSSR count). The Hall–Kier alpha value is -3.41. The van der Waals surface area contributed by atoms with Crippen LogP contribution in [-0.4, -0.2) is 39.6 Å². The summed E-state index contributed by atoms with van der Waals surface area (Å²) in [6.45, 7) is 7.73.